The van der Waals surface area contributed by atoms with Gasteiger partial charge in [-0.3, -0.25) is 19.5 Å². The van der Waals surface area contributed by atoms with Gasteiger partial charge >= 0.3 is 0 Å². The van der Waals surface area contributed by atoms with Crippen molar-refractivity contribution in [2.75, 3.05) is 0 Å². The number of halogens is 1. The van der Waals surface area contributed by atoms with Crippen LogP contribution < -0.4 is 10.6 Å². The molecule has 1 aliphatic rings. The highest BCUT2D eigenvalue weighted by Gasteiger charge is 2.26. The van der Waals surface area contributed by atoms with E-state index in [1.807, 2.05) is 0 Å². The molecule has 7 nitrogen and oxygen atoms in total. The first-order valence-electron chi connectivity index (χ1n) is 7.50. The Balaban J connectivity index is 1.93. The summed E-state index contributed by atoms with van der Waals surface area (Å²) in [7, 11) is 0. The lowest BCUT2D eigenvalue weighted by atomic mass is 10.1. The molecule has 0 radical (unpaired) electrons. The molecule has 0 saturated heterocycles. The number of hydrogen-bond acceptors (Lipinski definition) is 6. The number of aromatic nitrogens is 1. The molecule has 27 heavy (non-hydrogen) atoms. The highest BCUT2D eigenvalue weighted by molar-refractivity contribution is 7.73. The van der Waals surface area contributed by atoms with Crippen molar-refractivity contribution in [2.45, 2.75) is 0 Å². The Morgan fingerprint density at radius 3 is 2.59 bits per heavy atom. The molecule has 1 amide bonds. The van der Waals surface area contributed by atoms with Gasteiger partial charge in [0, 0.05) is 17.4 Å². The molecule has 2 heterocycles. The SMILES string of the molecule is O=C1N=c2ccc(F)cc2=C1c1sc(=S)n(-c2ccc([N+](=O)[O-])cc2)c1O. The smallest absolute Gasteiger partial charge is 0.279 e. The minimum Gasteiger partial charge on any atom is -0.493 e. The minimum atomic E-state index is -0.599. The van der Waals surface area contributed by atoms with Gasteiger partial charge in [-0.25, -0.2) is 9.38 Å². The maximum Gasteiger partial charge on any atom is 0.279 e. The van der Waals surface area contributed by atoms with E-state index >= 15 is 0 Å². The Bertz CT molecular complexity index is 1310. The molecule has 4 rings (SSSR count). The van der Waals surface area contributed by atoms with Crippen molar-refractivity contribution < 1.29 is 19.2 Å². The lowest BCUT2D eigenvalue weighted by molar-refractivity contribution is -0.384. The quantitative estimate of drug-likeness (QED) is 0.413. The first kappa shape index (κ1) is 17.2. The van der Waals surface area contributed by atoms with Crippen LogP contribution in [0.25, 0.3) is 11.3 Å². The zero-order valence-electron chi connectivity index (χ0n) is 13.2. The third kappa shape index (κ3) is 2.75. The number of fused-ring (bicyclic) bond motifs is 1. The molecule has 1 aromatic heterocycles. The molecule has 2 aromatic carbocycles. The van der Waals surface area contributed by atoms with E-state index in [2.05, 4.69) is 4.99 Å². The highest BCUT2D eigenvalue weighted by atomic mass is 32.1. The van der Waals surface area contributed by atoms with E-state index in [1.54, 1.807) is 0 Å². The number of nitro groups is 1. The second-order valence-corrected chi connectivity index (χ2v) is 7.23. The fourth-order valence-corrected chi connectivity index (χ4v) is 4.17. The highest BCUT2D eigenvalue weighted by Crippen LogP contribution is 2.35. The van der Waals surface area contributed by atoms with Crippen LogP contribution in [0.5, 0.6) is 5.88 Å². The summed E-state index contributed by atoms with van der Waals surface area (Å²) in [5.41, 5.74) is 0.357. The number of non-ortho nitro benzene ring substituents is 1. The lowest BCUT2D eigenvalue weighted by Gasteiger charge is -2.05. The van der Waals surface area contributed by atoms with E-state index in [9.17, 15) is 24.4 Å². The first-order chi connectivity index (χ1) is 12.9. The van der Waals surface area contributed by atoms with Gasteiger partial charge < -0.3 is 5.11 Å². The predicted molar refractivity (Wildman–Crippen MR) is 97.5 cm³/mol. The Kier molecular flexibility index (Phi) is 3.93. The standard InChI is InChI=1S/C17H8FN3O4S2/c18-8-1-6-12-11(7-8)13(15(22)19-12)14-16(23)20(17(26)27-14)9-2-4-10(5-3-9)21(24)25/h1-7,23H. The minimum absolute atomic E-state index is 0.0683. The summed E-state index contributed by atoms with van der Waals surface area (Å²) in [6, 6.07) is 9.19. The first-order valence-corrected chi connectivity index (χ1v) is 8.72. The Morgan fingerprint density at radius 2 is 1.93 bits per heavy atom. The molecule has 0 spiro atoms. The molecule has 1 N–H and O–H groups in total. The molecule has 0 fully saturated rings. The maximum absolute atomic E-state index is 13.6. The number of rotatable bonds is 3. The normalized spacial score (nSPS) is 12.8. The molecule has 0 aliphatic carbocycles. The van der Waals surface area contributed by atoms with E-state index in [-0.39, 0.29) is 31.2 Å². The van der Waals surface area contributed by atoms with Crippen molar-refractivity contribution in [3.8, 4) is 11.6 Å². The number of hydrogen-bond donors (Lipinski definition) is 1. The lowest BCUT2D eigenvalue weighted by Crippen LogP contribution is -2.23. The second kappa shape index (κ2) is 6.18. The molecule has 1 aliphatic heterocycles. The Morgan fingerprint density at radius 1 is 1.22 bits per heavy atom. The van der Waals surface area contributed by atoms with Gasteiger partial charge in [-0.2, -0.15) is 0 Å². The van der Waals surface area contributed by atoms with Gasteiger partial charge in [0.05, 0.1) is 21.5 Å². The number of nitro benzene ring substituents is 1. The largest absolute Gasteiger partial charge is 0.493 e. The van der Waals surface area contributed by atoms with Crippen molar-refractivity contribution >= 4 is 40.7 Å². The van der Waals surface area contributed by atoms with Gasteiger partial charge in [0.15, 0.2) is 3.95 Å². The number of nitrogens with zero attached hydrogens (tertiary/aromatic N) is 3. The van der Waals surface area contributed by atoms with Crippen LogP contribution >= 0.6 is 23.6 Å². The summed E-state index contributed by atoms with van der Waals surface area (Å²) in [5.74, 6) is -1.44. The summed E-state index contributed by atoms with van der Waals surface area (Å²) in [5, 5.41) is 22.1. The molecule has 0 atom stereocenters. The molecule has 0 unspecified atom stereocenters. The van der Waals surface area contributed by atoms with Gasteiger partial charge in [0.25, 0.3) is 11.6 Å². The van der Waals surface area contributed by atoms with Gasteiger partial charge in [0.2, 0.25) is 5.88 Å². The average Bonchev–Trinajstić information content (AvgIpc) is 3.09. The zero-order valence-corrected chi connectivity index (χ0v) is 14.9. The summed E-state index contributed by atoms with van der Waals surface area (Å²) in [6.07, 6.45) is 0. The number of thiazole rings is 1. The second-order valence-electron chi connectivity index (χ2n) is 5.58. The van der Waals surface area contributed by atoms with Crippen LogP contribution in [0.4, 0.5) is 10.1 Å². The molecule has 0 bridgehead atoms. The van der Waals surface area contributed by atoms with Crippen LogP contribution in [0.2, 0.25) is 0 Å². The van der Waals surface area contributed by atoms with E-state index in [0.29, 0.717) is 11.0 Å². The van der Waals surface area contributed by atoms with Crippen molar-refractivity contribution in [3.63, 3.8) is 0 Å². The summed E-state index contributed by atoms with van der Waals surface area (Å²) >= 11 is 6.25. The van der Waals surface area contributed by atoms with Crippen LogP contribution in [0.1, 0.15) is 4.88 Å². The van der Waals surface area contributed by atoms with Crippen LogP contribution in [0.3, 0.4) is 0 Å². The van der Waals surface area contributed by atoms with Crippen molar-refractivity contribution in [1.29, 1.82) is 0 Å². The maximum atomic E-state index is 13.6. The fraction of sp³-hybridized carbons (Fsp3) is 0. The summed E-state index contributed by atoms with van der Waals surface area (Å²) in [4.78, 5) is 26.6. The van der Waals surface area contributed by atoms with Gasteiger partial charge in [0.1, 0.15) is 10.7 Å². The van der Waals surface area contributed by atoms with E-state index in [1.165, 1.54) is 47.0 Å². The molecule has 10 heteroatoms. The number of carbonyl (C=O) groups excluding carboxylic acids is 1. The predicted octanol–water partition coefficient (Wildman–Crippen LogP) is 2.38. The molecule has 134 valence electrons. The number of aromatic hydroxyl groups is 1. The van der Waals surface area contributed by atoms with Gasteiger partial charge in [-0.05, 0) is 42.5 Å². The van der Waals surface area contributed by atoms with Crippen LogP contribution in [-0.2, 0) is 4.79 Å². The van der Waals surface area contributed by atoms with Crippen LogP contribution in [-0.4, -0.2) is 20.5 Å². The molecular weight excluding hydrogens is 393 g/mol. The zero-order chi connectivity index (χ0) is 19.3. The van der Waals surface area contributed by atoms with E-state index in [4.69, 9.17) is 12.2 Å². The molecule has 3 aromatic rings. The molecular formula is C17H8FN3O4S2. The topological polar surface area (TPSA) is 97.7 Å². The van der Waals surface area contributed by atoms with Gasteiger partial charge in [-0.1, -0.05) is 0 Å². The summed E-state index contributed by atoms with van der Waals surface area (Å²) < 4.78 is 15.1. The Hall–Kier alpha value is -3.24. The summed E-state index contributed by atoms with van der Waals surface area (Å²) in [6.45, 7) is 0. The number of benzene rings is 2. The monoisotopic (exact) mass is 401 g/mol. The van der Waals surface area contributed by atoms with Crippen LogP contribution in [0.15, 0.2) is 47.5 Å². The number of carbonyl (C=O) groups is 1. The third-order valence-electron chi connectivity index (χ3n) is 4.00. The fourth-order valence-electron chi connectivity index (χ4n) is 2.79. The van der Waals surface area contributed by atoms with Crippen molar-refractivity contribution in [2.24, 2.45) is 4.99 Å². The molecule has 0 saturated carbocycles. The Labute approximate surface area is 159 Å². The van der Waals surface area contributed by atoms with Crippen molar-refractivity contribution in [3.05, 3.63) is 77.8 Å². The van der Waals surface area contributed by atoms with Crippen molar-refractivity contribution in [1.82, 2.24) is 4.57 Å². The van der Waals surface area contributed by atoms with Gasteiger partial charge in [-0.15, -0.1) is 11.3 Å². The van der Waals surface area contributed by atoms with E-state index < -0.39 is 16.6 Å². The third-order valence-corrected chi connectivity index (χ3v) is 5.38. The average molecular weight is 401 g/mol. The van der Waals surface area contributed by atoms with E-state index in [0.717, 1.165) is 11.3 Å². The number of amides is 1. The van der Waals surface area contributed by atoms with Crippen LogP contribution in [0, 0.1) is 19.9 Å².